The maximum absolute atomic E-state index is 14.8. The van der Waals surface area contributed by atoms with Crippen LogP contribution in [0.2, 0.25) is 0 Å². The van der Waals surface area contributed by atoms with Gasteiger partial charge in [-0.1, -0.05) is 49.6 Å². The lowest BCUT2D eigenvalue weighted by molar-refractivity contribution is -0.228. The van der Waals surface area contributed by atoms with Crippen molar-refractivity contribution in [3.05, 3.63) is 70.5 Å². The minimum Gasteiger partial charge on any atom is -0.383 e. The number of alkyl halides is 4. The van der Waals surface area contributed by atoms with E-state index in [0.29, 0.717) is 44.7 Å². The molecule has 0 bridgehead atoms. The zero-order valence-electron chi connectivity index (χ0n) is 21.5. The number of fused-ring (bicyclic) bond motifs is 3. The number of aliphatic hydroxyl groups excluding tert-OH is 1. The highest BCUT2D eigenvalue weighted by molar-refractivity contribution is 5.82. The first-order valence-electron chi connectivity index (χ1n) is 13.6. The number of carbonyl (C=O) groups is 1. The molecule has 1 N–H and O–H groups in total. The van der Waals surface area contributed by atoms with E-state index in [1.807, 2.05) is 0 Å². The number of benzene rings is 2. The number of rotatable bonds is 5. The van der Waals surface area contributed by atoms with Gasteiger partial charge in [-0.05, 0) is 85.8 Å². The molecule has 4 atom stereocenters. The predicted molar refractivity (Wildman–Crippen MR) is 134 cm³/mol. The summed E-state index contributed by atoms with van der Waals surface area (Å²) in [7, 11) is 0. The first-order chi connectivity index (χ1) is 17.9. The minimum absolute atomic E-state index is 0.0635. The first-order valence-corrected chi connectivity index (χ1v) is 13.6. The van der Waals surface area contributed by atoms with Crippen LogP contribution in [0.4, 0.5) is 22.0 Å². The molecule has 3 aliphatic rings. The molecule has 38 heavy (non-hydrogen) atoms. The van der Waals surface area contributed by atoms with E-state index in [0.717, 1.165) is 43.2 Å². The van der Waals surface area contributed by atoms with E-state index < -0.39 is 28.9 Å². The van der Waals surface area contributed by atoms with E-state index in [4.69, 9.17) is 0 Å². The van der Waals surface area contributed by atoms with Crippen molar-refractivity contribution in [2.24, 2.45) is 5.92 Å². The molecule has 8 heteroatoms. The quantitative estimate of drug-likeness (QED) is 0.442. The fraction of sp³-hybridized carbons (Fsp3) is 0.567. The second-order valence-electron chi connectivity index (χ2n) is 11.5. The topological polar surface area (TPSA) is 40.5 Å². The highest BCUT2D eigenvalue weighted by Gasteiger charge is 2.56. The van der Waals surface area contributed by atoms with Crippen molar-refractivity contribution in [1.82, 2.24) is 4.90 Å². The summed E-state index contributed by atoms with van der Waals surface area (Å²) in [6.45, 7) is 0.955. The average Bonchev–Trinajstić information content (AvgIpc) is 3.28. The van der Waals surface area contributed by atoms with Gasteiger partial charge in [-0.25, -0.2) is 8.78 Å². The Morgan fingerprint density at radius 1 is 1.05 bits per heavy atom. The third-order valence-electron chi connectivity index (χ3n) is 9.28. The smallest absolute Gasteiger partial charge is 0.383 e. The normalized spacial score (nSPS) is 26.4. The number of amides is 1. The van der Waals surface area contributed by atoms with Gasteiger partial charge in [0.25, 0.3) is 5.91 Å². The Bertz CT molecular complexity index is 1170. The summed E-state index contributed by atoms with van der Waals surface area (Å²) < 4.78 is 68.9. The van der Waals surface area contributed by atoms with Gasteiger partial charge in [-0.3, -0.25) is 4.79 Å². The van der Waals surface area contributed by atoms with Crippen LogP contribution >= 0.6 is 0 Å². The number of halogens is 5. The van der Waals surface area contributed by atoms with Crippen LogP contribution in [-0.2, 0) is 28.7 Å². The molecule has 0 radical (unpaired) electrons. The molecule has 1 unspecified atom stereocenters. The molecule has 1 amide bonds. The largest absolute Gasteiger partial charge is 0.426 e. The Labute approximate surface area is 220 Å². The summed E-state index contributed by atoms with van der Waals surface area (Å²) in [4.78, 5) is 15.4. The molecule has 2 aliphatic carbocycles. The van der Waals surface area contributed by atoms with Gasteiger partial charge in [0.2, 0.25) is 5.67 Å². The summed E-state index contributed by atoms with van der Waals surface area (Å²) in [6.07, 6.45) is 0.522. The Hall–Kier alpha value is -2.48. The summed E-state index contributed by atoms with van der Waals surface area (Å²) in [5, 5.41) is 11.0. The summed E-state index contributed by atoms with van der Waals surface area (Å²) in [5.74, 6) is -0.715. The standard InChI is InChI=1S/C30H34F5NO2/c1-28(32,30(33,34)35)22-10-13-24-21(17-22)9-14-25-29(24,18-19-7-11-23(31)12-8-19)15-16-36(25)27(38)26(37)20-5-3-2-4-6-20/h7-8,10-13,17,20,25-26,37H,2-6,9,14-16,18H2,1H3/t25-,26-,28?,29-/m1/s1. The number of likely N-dealkylation sites (tertiary alicyclic amines) is 1. The third kappa shape index (κ3) is 4.63. The summed E-state index contributed by atoms with van der Waals surface area (Å²) >= 11 is 0. The van der Waals surface area contributed by atoms with Crippen molar-refractivity contribution < 1.29 is 31.9 Å². The van der Waals surface area contributed by atoms with Crippen LogP contribution in [0, 0.1) is 11.7 Å². The Kier molecular flexibility index (Phi) is 7.08. The van der Waals surface area contributed by atoms with Gasteiger partial charge in [-0.2, -0.15) is 13.2 Å². The molecule has 1 saturated heterocycles. The number of carbonyl (C=O) groups excluding carboxylic acids is 1. The molecule has 2 aromatic rings. The molecule has 5 rings (SSSR count). The fourth-order valence-corrected chi connectivity index (χ4v) is 7.07. The summed E-state index contributed by atoms with van der Waals surface area (Å²) in [5.41, 5.74) is -2.24. The number of aliphatic hydroxyl groups is 1. The average molecular weight is 536 g/mol. The van der Waals surface area contributed by atoms with E-state index in [-0.39, 0.29) is 23.7 Å². The first kappa shape index (κ1) is 27.1. The van der Waals surface area contributed by atoms with Crippen molar-refractivity contribution in [2.45, 2.75) is 94.1 Å². The van der Waals surface area contributed by atoms with E-state index in [1.54, 1.807) is 23.1 Å². The van der Waals surface area contributed by atoms with Gasteiger partial charge >= 0.3 is 6.18 Å². The molecule has 0 aromatic heterocycles. The van der Waals surface area contributed by atoms with E-state index in [9.17, 15) is 31.9 Å². The maximum Gasteiger partial charge on any atom is 0.426 e. The SMILES string of the molecule is CC(F)(c1ccc2c(c1)CC[C@H]1N(C(=O)[C@H](O)C3CCCCC3)CC[C@@]21Cc1ccc(F)cc1)C(F)(F)F. The highest BCUT2D eigenvalue weighted by atomic mass is 19.4. The lowest BCUT2D eigenvalue weighted by Gasteiger charge is -2.44. The second kappa shape index (κ2) is 9.92. The highest BCUT2D eigenvalue weighted by Crippen LogP contribution is 2.51. The summed E-state index contributed by atoms with van der Waals surface area (Å²) in [6, 6.07) is 9.98. The van der Waals surface area contributed by atoms with Crippen LogP contribution in [0.25, 0.3) is 0 Å². The number of hydrogen-bond donors (Lipinski definition) is 1. The molecule has 3 nitrogen and oxygen atoms in total. The number of hydrogen-bond acceptors (Lipinski definition) is 2. The third-order valence-corrected chi connectivity index (χ3v) is 9.28. The van der Waals surface area contributed by atoms with E-state index in [1.165, 1.54) is 24.3 Å². The van der Waals surface area contributed by atoms with Crippen molar-refractivity contribution in [3.63, 3.8) is 0 Å². The van der Waals surface area contributed by atoms with Gasteiger partial charge in [0.05, 0.1) is 0 Å². The molecule has 2 fully saturated rings. The van der Waals surface area contributed by atoms with Crippen molar-refractivity contribution in [2.75, 3.05) is 6.54 Å². The van der Waals surface area contributed by atoms with E-state index in [2.05, 4.69) is 0 Å². The van der Waals surface area contributed by atoms with E-state index >= 15 is 0 Å². The van der Waals surface area contributed by atoms with Gasteiger partial charge < -0.3 is 10.0 Å². The molecule has 1 heterocycles. The number of nitrogens with zero attached hydrogens (tertiary/aromatic N) is 1. The van der Waals surface area contributed by atoms with Gasteiger partial charge in [-0.15, -0.1) is 0 Å². The molecule has 0 spiro atoms. The van der Waals surface area contributed by atoms with Gasteiger partial charge in [0.15, 0.2) is 0 Å². The molecule has 2 aromatic carbocycles. The maximum atomic E-state index is 14.8. The zero-order valence-corrected chi connectivity index (χ0v) is 21.5. The lowest BCUT2D eigenvalue weighted by Crippen LogP contribution is -2.52. The van der Waals surface area contributed by atoms with Crippen molar-refractivity contribution >= 4 is 5.91 Å². The minimum atomic E-state index is -5.05. The van der Waals surface area contributed by atoms with Crippen LogP contribution in [0.1, 0.15) is 74.1 Å². The zero-order chi connectivity index (χ0) is 27.3. The fourth-order valence-electron chi connectivity index (χ4n) is 7.07. The Balaban J connectivity index is 1.52. The Morgan fingerprint density at radius 3 is 2.39 bits per heavy atom. The Morgan fingerprint density at radius 2 is 1.74 bits per heavy atom. The van der Waals surface area contributed by atoms with Crippen LogP contribution in [-0.4, -0.2) is 40.8 Å². The van der Waals surface area contributed by atoms with Crippen LogP contribution in [0.15, 0.2) is 42.5 Å². The molecule has 206 valence electrons. The van der Waals surface area contributed by atoms with Gasteiger partial charge in [0.1, 0.15) is 11.9 Å². The lowest BCUT2D eigenvalue weighted by atomic mass is 9.63. The van der Waals surface area contributed by atoms with Crippen LogP contribution < -0.4 is 0 Å². The number of aryl methyl sites for hydroxylation is 1. The van der Waals surface area contributed by atoms with Crippen molar-refractivity contribution in [3.8, 4) is 0 Å². The molecule has 1 saturated carbocycles. The molecule has 1 aliphatic heterocycles. The second-order valence-corrected chi connectivity index (χ2v) is 11.5. The monoisotopic (exact) mass is 535 g/mol. The van der Waals surface area contributed by atoms with Gasteiger partial charge in [0, 0.05) is 18.0 Å². The van der Waals surface area contributed by atoms with Crippen molar-refractivity contribution in [1.29, 1.82) is 0 Å². The van der Waals surface area contributed by atoms with Crippen LogP contribution in [0.3, 0.4) is 0 Å². The predicted octanol–water partition coefficient (Wildman–Crippen LogP) is 6.54. The molecular weight excluding hydrogens is 501 g/mol. The van der Waals surface area contributed by atoms with Crippen LogP contribution in [0.5, 0.6) is 0 Å². The molecular formula is C30H34F5NO2.